The maximum atomic E-state index is 12.6. The summed E-state index contributed by atoms with van der Waals surface area (Å²) in [6.07, 6.45) is 7.25. The van der Waals surface area contributed by atoms with Crippen molar-refractivity contribution in [3.8, 4) is 0 Å². The number of fused-ring (bicyclic) bond motifs is 2. The number of piperidine rings is 1. The molecule has 0 unspecified atom stereocenters. The smallest absolute Gasteiger partial charge is 0.306 e. The van der Waals surface area contributed by atoms with E-state index in [1.165, 1.54) is 25.7 Å². The third-order valence-electron chi connectivity index (χ3n) is 6.15. The Balaban J connectivity index is 1.29. The Kier molecular flexibility index (Phi) is 5.92. The summed E-state index contributed by atoms with van der Waals surface area (Å²) in [6, 6.07) is 7.39. The maximum absolute atomic E-state index is 12.6. The summed E-state index contributed by atoms with van der Waals surface area (Å²) in [7, 11) is 0. The molecule has 29 heavy (non-hydrogen) atoms. The van der Waals surface area contributed by atoms with Crippen LogP contribution in [0.1, 0.15) is 50.8 Å². The highest BCUT2D eigenvalue weighted by atomic mass is 16.5. The molecule has 1 N–H and O–H groups in total. The molecule has 1 aromatic carbocycles. The van der Waals surface area contributed by atoms with E-state index in [1.807, 2.05) is 11.0 Å². The highest BCUT2D eigenvalue weighted by Gasteiger charge is 2.35. The molecule has 1 aliphatic heterocycles. The van der Waals surface area contributed by atoms with Crippen molar-refractivity contribution in [2.24, 2.45) is 5.92 Å². The minimum atomic E-state index is -0.452. The van der Waals surface area contributed by atoms with Gasteiger partial charge in [-0.05, 0) is 43.7 Å². The molecule has 0 bridgehead atoms. The number of esters is 1. The van der Waals surface area contributed by atoms with Crippen LogP contribution in [0, 0.1) is 5.92 Å². The monoisotopic (exact) mass is 397 g/mol. The lowest BCUT2D eigenvalue weighted by molar-refractivity contribution is -0.154. The number of carbonyl (C=O) groups is 2. The molecule has 2 atom stereocenters. The second-order valence-electron chi connectivity index (χ2n) is 8.03. The quantitative estimate of drug-likeness (QED) is 0.783. The van der Waals surface area contributed by atoms with E-state index in [0.29, 0.717) is 28.7 Å². The number of hydrogen-bond donors (Lipinski definition) is 1. The number of nitrogens with zero attached hydrogens (tertiary/aromatic N) is 2. The van der Waals surface area contributed by atoms with Crippen molar-refractivity contribution >= 4 is 22.8 Å². The average molecular weight is 397 g/mol. The van der Waals surface area contributed by atoms with Crippen molar-refractivity contribution in [3.63, 3.8) is 0 Å². The zero-order valence-electron chi connectivity index (χ0n) is 16.6. The number of aromatic nitrogens is 2. The molecule has 1 amide bonds. The lowest BCUT2D eigenvalue weighted by Gasteiger charge is -2.44. The first-order valence-electron chi connectivity index (χ1n) is 10.5. The zero-order chi connectivity index (χ0) is 20.2. The summed E-state index contributed by atoms with van der Waals surface area (Å²) in [6.45, 7) is 0.559. The molecule has 2 aromatic rings. The molecule has 1 aliphatic carbocycles. The average Bonchev–Trinajstić information content (AvgIpc) is 2.75. The van der Waals surface area contributed by atoms with Gasteiger partial charge in [-0.25, -0.2) is 4.98 Å². The van der Waals surface area contributed by atoms with E-state index in [2.05, 4.69) is 9.97 Å². The van der Waals surface area contributed by atoms with Crippen molar-refractivity contribution in [1.29, 1.82) is 0 Å². The molecule has 1 saturated carbocycles. The second kappa shape index (κ2) is 8.76. The number of aryl methyl sites for hydroxylation is 1. The van der Waals surface area contributed by atoms with Gasteiger partial charge >= 0.3 is 5.97 Å². The summed E-state index contributed by atoms with van der Waals surface area (Å²) in [5.41, 5.74) is 0.378. The number of hydrogen-bond acceptors (Lipinski definition) is 5. The number of aromatic amines is 1. The van der Waals surface area contributed by atoms with Crippen LogP contribution in [-0.2, 0) is 20.7 Å². The number of nitrogens with one attached hydrogen (secondary N) is 1. The van der Waals surface area contributed by atoms with Crippen LogP contribution < -0.4 is 5.56 Å². The van der Waals surface area contributed by atoms with E-state index in [1.54, 1.807) is 18.2 Å². The first-order valence-corrected chi connectivity index (χ1v) is 10.5. The number of amides is 1. The molecule has 2 aliphatic rings. The topological polar surface area (TPSA) is 92.4 Å². The molecule has 7 heteroatoms. The van der Waals surface area contributed by atoms with Gasteiger partial charge in [-0.1, -0.05) is 25.0 Å². The molecule has 2 heterocycles. The van der Waals surface area contributed by atoms with Gasteiger partial charge in [-0.15, -0.1) is 0 Å². The van der Waals surface area contributed by atoms with Gasteiger partial charge in [0.2, 0.25) is 0 Å². The number of H-pyrrole nitrogens is 1. The van der Waals surface area contributed by atoms with Gasteiger partial charge in [0.05, 0.1) is 17.3 Å². The number of likely N-dealkylation sites (tertiary alicyclic amines) is 1. The van der Waals surface area contributed by atoms with Crippen LogP contribution in [0.2, 0.25) is 0 Å². The Bertz CT molecular complexity index is 952. The van der Waals surface area contributed by atoms with Crippen LogP contribution in [0.5, 0.6) is 0 Å². The van der Waals surface area contributed by atoms with Crippen molar-refractivity contribution in [2.75, 3.05) is 13.2 Å². The number of carbonyl (C=O) groups excluding carboxylic acids is 2. The maximum Gasteiger partial charge on any atom is 0.306 e. The van der Waals surface area contributed by atoms with Crippen LogP contribution >= 0.6 is 0 Å². The molecule has 7 nitrogen and oxygen atoms in total. The Morgan fingerprint density at radius 2 is 1.93 bits per heavy atom. The molecule has 1 aromatic heterocycles. The fourth-order valence-electron chi connectivity index (χ4n) is 4.71. The summed E-state index contributed by atoms with van der Waals surface area (Å²) >= 11 is 0. The molecule has 0 radical (unpaired) electrons. The number of para-hydroxylation sites is 1. The Hall–Kier alpha value is -2.70. The third kappa shape index (κ3) is 4.49. The van der Waals surface area contributed by atoms with E-state index in [-0.39, 0.29) is 30.9 Å². The van der Waals surface area contributed by atoms with Crippen LogP contribution in [0.25, 0.3) is 10.9 Å². The standard InChI is InChI=1S/C22H27N3O4/c26-20(25-13-5-7-15-6-1-4-10-18(15)25)14-29-21(27)12-11-19-23-17-9-3-2-8-16(17)22(28)24-19/h2-3,8-9,15,18H,1,4-7,10-14H2,(H,23,24,28)/t15-,18-/m0/s1. The van der Waals surface area contributed by atoms with E-state index >= 15 is 0 Å². The van der Waals surface area contributed by atoms with E-state index in [9.17, 15) is 14.4 Å². The number of rotatable bonds is 5. The minimum Gasteiger partial charge on any atom is -0.456 e. The van der Waals surface area contributed by atoms with Crippen LogP contribution in [0.3, 0.4) is 0 Å². The largest absolute Gasteiger partial charge is 0.456 e. The third-order valence-corrected chi connectivity index (χ3v) is 6.15. The first kappa shape index (κ1) is 19.6. The van der Waals surface area contributed by atoms with Crippen molar-refractivity contribution < 1.29 is 14.3 Å². The van der Waals surface area contributed by atoms with Gasteiger partial charge in [0.1, 0.15) is 5.82 Å². The van der Waals surface area contributed by atoms with Gasteiger partial charge in [0.15, 0.2) is 6.61 Å². The predicted molar refractivity (Wildman–Crippen MR) is 108 cm³/mol. The first-order chi connectivity index (χ1) is 14.1. The second-order valence-corrected chi connectivity index (χ2v) is 8.03. The van der Waals surface area contributed by atoms with Crippen molar-refractivity contribution in [2.45, 2.75) is 57.4 Å². The Morgan fingerprint density at radius 3 is 2.83 bits per heavy atom. The van der Waals surface area contributed by atoms with Gasteiger partial charge in [-0.2, -0.15) is 0 Å². The van der Waals surface area contributed by atoms with Crippen LogP contribution in [-0.4, -0.2) is 45.9 Å². The predicted octanol–water partition coefficient (Wildman–Crippen LogP) is 2.58. The van der Waals surface area contributed by atoms with Crippen LogP contribution in [0.15, 0.2) is 29.1 Å². The lowest BCUT2D eigenvalue weighted by Crippen LogP contribution is -2.50. The van der Waals surface area contributed by atoms with Crippen molar-refractivity contribution in [1.82, 2.24) is 14.9 Å². The highest BCUT2D eigenvalue weighted by Crippen LogP contribution is 2.35. The summed E-state index contributed by atoms with van der Waals surface area (Å²) in [5.74, 6) is 0.504. The van der Waals surface area contributed by atoms with Gasteiger partial charge in [-0.3, -0.25) is 14.4 Å². The SMILES string of the molecule is O=C(CCc1nc2ccccc2c(=O)[nH]1)OCC(=O)N1CCC[C@@H]2CCCC[C@@H]21. The molecular formula is C22H27N3O4. The summed E-state index contributed by atoms with van der Waals surface area (Å²) in [5, 5.41) is 0.520. The molecule has 4 rings (SSSR count). The molecule has 154 valence electrons. The van der Waals surface area contributed by atoms with Gasteiger partial charge in [0.25, 0.3) is 11.5 Å². The fraction of sp³-hybridized carbons (Fsp3) is 0.545. The van der Waals surface area contributed by atoms with Gasteiger partial charge in [0, 0.05) is 19.0 Å². The van der Waals surface area contributed by atoms with Crippen LogP contribution in [0.4, 0.5) is 0 Å². The highest BCUT2D eigenvalue weighted by molar-refractivity contribution is 5.81. The lowest BCUT2D eigenvalue weighted by atomic mass is 9.78. The van der Waals surface area contributed by atoms with E-state index < -0.39 is 5.97 Å². The molecule has 2 fully saturated rings. The molecule has 1 saturated heterocycles. The number of benzene rings is 1. The van der Waals surface area contributed by atoms with Gasteiger partial charge < -0.3 is 14.6 Å². The summed E-state index contributed by atoms with van der Waals surface area (Å²) < 4.78 is 5.23. The zero-order valence-corrected chi connectivity index (χ0v) is 16.6. The summed E-state index contributed by atoms with van der Waals surface area (Å²) in [4.78, 5) is 45.8. The van der Waals surface area contributed by atoms with E-state index in [4.69, 9.17) is 4.74 Å². The normalized spacial score (nSPS) is 21.6. The molecule has 0 spiro atoms. The fourth-order valence-corrected chi connectivity index (χ4v) is 4.71. The Labute approximate surface area is 169 Å². The van der Waals surface area contributed by atoms with Crippen molar-refractivity contribution in [3.05, 3.63) is 40.4 Å². The Morgan fingerprint density at radius 1 is 1.14 bits per heavy atom. The van der Waals surface area contributed by atoms with E-state index in [0.717, 1.165) is 19.4 Å². The number of ether oxygens (including phenoxy) is 1. The molecular weight excluding hydrogens is 370 g/mol. The minimum absolute atomic E-state index is 0.0701.